The van der Waals surface area contributed by atoms with Gasteiger partial charge in [0.05, 0.1) is 5.41 Å². The highest BCUT2D eigenvalue weighted by molar-refractivity contribution is 6.41. The average molecular weight is 485 g/mol. The molecule has 0 radical (unpaired) electrons. The summed E-state index contributed by atoms with van der Waals surface area (Å²) in [6.45, 7) is 3.72. The largest absolute Gasteiger partial charge is 0.368 e. The van der Waals surface area contributed by atoms with Gasteiger partial charge in [0, 0.05) is 24.6 Å². The zero-order valence-electron chi connectivity index (χ0n) is 21.2. The van der Waals surface area contributed by atoms with Gasteiger partial charge in [0.2, 0.25) is 5.91 Å². The molecular weight excluding hydrogens is 448 g/mol. The second-order valence-corrected chi connectivity index (χ2v) is 12.0. The predicted octanol–water partition coefficient (Wildman–Crippen LogP) is 4.12. The van der Waals surface area contributed by atoms with Crippen LogP contribution in [0.25, 0.3) is 0 Å². The van der Waals surface area contributed by atoms with Gasteiger partial charge in [-0.3, -0.25) is 14.6 Å². The molecule has 3 aliphatic carbocycles. The maximum atomic E-state index is 13.6. The lowest BCUT2D eigenvalue weighted by molar-refractivity contribution is -0.129. The van der Waals surface area contributed by atoms with Gasteiger partial charge in [0.1, 0.15) is 17.2 Å². The predicted molar refractivity (Wildman–Crippen MR) is 139 cm³/mol. The summed E-state index contributed by atoms with van der Waals surface area (Å²) >= 11 is 0. The molecule has 3 heterocycles. The number of hydrogen-bond donors (Lipinski definition) is 2. The van der Waals surface area contributed by atoms with E-state index in [1.807, 2.05) is 0 Å². The zero-order valence-corrected chi connectivity index (χ0v) is 21.2. The number of dihydropyridines is 1. The minimum atomic E-state index is -0.494. The number of benzene rings is 1. The first kappa shape index (κ1) is 22.3. The van der Waals surface area contributed by atoms with Crippen molar-refractivity contribution in [1.82, 2.24) is 15.5 Å². The molecule has 2 amide bonds. The molecule has 0 saturated heterocycles. The molecule has 6 heteroatoms. The van der Waals surface area contributed by atoms with Crippen molar-refractivity contribution in [3.8, 4) is 0 Å². The second-order valence-electron chi connectivity index (χ2n) is 12.0. The fourth-order valence-corrected chi connectivity index (χ4v) is 7.33. The summed E-state index contributed by atoms with van der Waals surface area (Å²) in [6.07, 6.45) is 14.8. The molecule has 0 bridgehead atoms. The number of carbonyl (C=O) groups is 2. The van der Waals surface area contributed by atoms with Crippen LogP contribution in [0.15, 0.2) is 46.7 Å². The Kier molecular flexibility index (Phi) is 4.99. The van der Waals surface area contributed by atoms with Crippen LogP contribution in [0.3, 0.4) is 0 Å². The maximum absolute atomic E-state index is 13.6. The summed E-state index contributed by atoms with van der Waals surface area (Å²) in [5.74, 6) is 1.81. The van der Waals surface area contributed by atoms with E-state index in [1.165, 1.54) is 29.5 Å². The van der Waals surface area contributed by atoms with Crippen LogP contribution in [-0.4, -0.2) is 41.2 Å². The van der Waals surface area contributed by atoms with E-state index in [-0.39, 0.29) is 23.4 Å². The highest BCUT2D eigenvalue weighted by atomic mass is 16.2. The Hall–Kier alpha value is -2.89. The van der Waals surface area contributed by atoms with Gasteiger partial charge in [-0.05, 0) is 74.0 Å². The zero-order chi connectivity index (χ0) is 24.5. The Morgan fingerprint density at radius 3 is 2.64 bits per heavy atom. The summed E-state index contributed by atoms with van der Waals surface area (Å²) in [5.41, 5.74) is 4.96. The van der Waals surface area contributed by atoms with E-state index in [0.29, 0.717) is 12.5 Å². The summed E-state index contributed by atoms with van der Waals surface area (Å²) < 4.78 is 0. The number of aliphatic imine (C=N–C) groups is 1. The summed E-state index contributed by atoms with van der Waals surface area (Å²) in [7, 11) is 0. The number of nitrogens with zero attached hydrogens (tertiary/aromatic N) is 2. The van der Waals surface area contributed by atoms with Crippen LogP contribution in [0.1, 0.15) is 80.9 Å². The molecule has 36 heavy (non-hydrogen) atoms. The monoisotopic (exact) mass is 484 g/mol. The van der Waals surface area contributed by atoms with E-state index < -0.39 is 5.41 Å². The molecule has 0 aromatic heterocycles. The average Bonchev–Trinajstić information content (AvgIpc) is 3.59. The molecule has 7 rings (SSSR count). The van der Waals surface area contributed by atoms with Gasteiger partial charge in [0.25, 0.3) is 5.91 Å². The lowest BCUT2D eigenvalue weighted by Crippen LogP contribution is -2.48. The first-order chi connectivity index (χ1) is 17.5. The van der Waals surface area contributed by atoms with E-state index in [1.54, 1.807) is 0 Å². The molecule has 2 fully saturated rings. The van der Waals surface area contributed by atoms with Gasteiger partial charge in [-0.1, -0.05) is 50.1 Å². The van der Waals surface area contributed by atoms with Crippen molar-refractivity contribution in [3.05, 3.63) is 58.4 Å². The van der Waals surface area contributed by atoms with Gasteiger partial charge >= 0.3 is 0 Å². The quantitative estimate of drug-likeness (QED) is 0.675. The fraction of sp³-hybridized carbons (Fsp3) is 0.567. The molecule has 188 valence electrons. The highest BCUT2D eigenvalue weighted by Gasteiger charge is 2.52. The Morgan fingerprint density at radius 1 is 1.08 bits per heavy atom. The molecule has 1 aromatic carbocycles. The van der Waals surface area contributed by atoms with Crippen LogP contribution in [0.2, 0.25) is 0 Å². The maximum Gasteiger partial charge on any atom is 0.270 e. The highest BCUT2D eigenvalue weighted by Crippen LogP contribution is 2.48. The van der Waals surface area contributed by atoms with E-state index in [2.05, 4.69) is 52.8 Å². The van der Waals surface area contributed by atoms with Crippen molar-refractivity contribution in [2.75, 3.05) is 13.1 Å². The number of hydrogen-bond acceptors (Lipinski definition) is 4. The molecule has 2 saturated carbocycles. The molecule has 2 spiro atoms. The Balaban J connectivity index is 1.14. The third kappa shape index (κ3) is 3.32. The molecule has 6 aliphatic rings. The number of carbonyl (C=O) groups excluding carboxylic acids is 2. The second kappa shape index (κ2) is 8.06. The summed E-state index contributed by atoms with van der Waals surface area (Å²) in [6, 6.07) is 6.76. The van der Waals surface area contributed by atoms with E-state index >= 15 is 0 Å². The number of nitrogens with one attached hydrogen (secondary N) is 2. The number of allylic oxidation sites excluding steroid dienone is 1. The Morgan fingerprint density at radius 2 is 1.86 bits per heavy atom. The lowest BCUT2D eigenvalue weighted by Gasteiger charge is -2.37. The molecule has 3 aliphatic heterocycles. The van der Waals surface area contributed by atoms with Crippen LogP contribution >= 0.6 is 0 Å². The smallest absolute Gasteiger partial charge is 0.270 e. The van der Waals surface area contributed by atoms with Gasteiger partial charge in [0.15, 0.2) is 0 Å². The normalized spacial score (nSPS) is 29.2. The van der Waals surface area contributed by atoms with Gasteiger partial charge < -0.3 is 15.5 Å². The van der Waals surface area contributed by atoms with Gasteiger partial charge in [-0.2, -0.15) is 0 Å². The lowest BCUT2D eigenvalue weighted by atomic mass is 9.78. The van der Waals surface area contributed by atoms with Crippen molar-refractivity contribution in [2.45, 2.75) is 82.7 Å². The number of fused-ring (bicyclic) bond motifs is 2. The van der Waals surface area contributed by atoms with Gasteiger partial charge in [-0.15, -0.1) is 0 Å². The number of amides is 2. The van der Waals surface area contributed by atoms with E-state index in [4.69, 9.17) is 4.99 Å². The van der Waals surface area contributed by atoms with Crippen LogP contribution < -0.4 is 10.6 Å². The molecule has 2 atom stereocenters. The van der Waals surface area contributed by atoms with Crippen molar-refractivity contribution in [1.29, 1.82) is 0 Å². The molecule has 6 nitrogen and oxygen atoms in total. The molecular formula is C30H36N4O2. The van der Waals surface area contributed by atoms with E-state index in [0.717, 1.165) is 75.0 Å². The van der Waals surface area contributed by atoms with Crippen LogP contribution in [0.4, 0.5) is 0 Å². The first-order valence-corrected chi connectivity index (χ1v) is 14.0. The van der Waals surface area contributed by atoms with Crippen LogP contribution in [0.5, 0.6) is 0 Å². The van der Waals surface area contributed by atoms with Crippen LogP contribution in [-0.2, 0) is 22.4 Å². The van der Waals surface area contributed by atoms with Crippen LogP contribution in [0, 0.1) is 11.3 Å². The Labute approximate surface area is 213 Å². The van der Waals surface area contributed by atoms with E-state index in [9.17, 15) is 9.59 Å². The van der Waals surface area contributed by atoms with Crippen molar-refractivity contribution >= 4 is 17.5 Å². The first-order valence-electron chi connectivity index (χ1n) is 14.0. The summed E-state index contributed by atoms with van der Waals surface area (Å²) in [5, 5.41) is 6.42. The topological polar surface area (TPSA) is 73.8 Å². The Bertz CT molecular complexity index is 1230. The summed E-state index contributed by atoms with van der Waals surface area (Å²) in [4.78, 5) is 34.1. The molecule has 2 unspecified atom stereocenters. The SMILES string of the molecule is CC(CN1C(=O)C(C2CC2)=NC12CCCCCC2)c1ccc2c(c1)CC1(C2)C(=O)NC2=C1C=CCN2. The standard InChI is InChI=1S/C30H36N4O2/c1-19(18-34-27(35)25(20-8-9-20)33-30(34)12-4-2-3-5-13-30)21-10-11-22-16-29(17-23(22)15-21)24-7-6-14-31-26(24)32-28(29)36/h6-7,10-11,15,19-20,31H,2-5,8-9,12-14,16-18H2,1H3,(H,32,36). The number of rotatable bonds is 4. The molecule has 2 N–H and O–H groups in total. The third-order valence-electron chi connectivity index (χ3n) is 9.54. The van der Waals surface area contributed by atoms with Gasteiger partial charge in [-0.25, -0.2) is 0 Å². The molecule has 1 aromatic rings. The van der Waals surface area contributed by atoms with Crippen molar-refractivity contribution in [3.63, 3.8) is 0 Å². The minimum Gasteiger partial charge on any atom is -0.368 e. The third-order valence-corrected chi connectivity index (χ3v) is 9.54. The van der Waals surface area contributed by atoms with Crippen molar-refractivity contribution in [2.24, 2.45) is 16.3 Å². The minimum absolute atomic E-state index is 0.111. The van der Waals surface area contributed by atoms with Crippen molar-refractivity contribution < 1.29 is 9.59 Å². The fourth-order valence-electron chi connectivity index (χ4n) is 7.33.